The largest absolute Gasteiger partial charge is 0.496 e. The molecule has 5 heteroatoms. The number of thiol groups is 1. The molecule has 1 atom stereocenters. The van der Waals surface area contributed by atoms with Crippen molar-refractivity contribution in [3.63, 3.8) is 0 Å². The Kier molecular flexibility index (Phi) is 4.20. The molecule has 0 aliphatic heterocycles. The van der Waals surface area contributed by atoms with Crippen molar-refractivity contribution in [3.05, 3.63) is 42.0 Å². The van der Waals surface area contributed by atoms with Gasteiger partial charge in [-0.25, -0.2) is 0 Å². The Morgan fingerprint density at radius 3 is 2.65 bits per heavy atom. The lowest BCUT2D eigenvalue weighted by Crippen LogP contribution is -2.55. The van der Waals surface area contributed by atoms with E-state index in [-0.39, 0.29) is 5.75 Å². The van der Waals surface area contributed by atoms with E-state index in [1.807, 2.05) is 36.4 Å². The third-order valence-electron chi connectivity index (χ3n) is 3.40. The molecular formula is C15H18N2O2S. The molecule has 0 spiro atoms. The molecule has 2 aromatic carbocycles. The lowest BCUT2D eigenvalue weighted by atomic mass is 9.91. The molecule has 0 radical (unpaired) electrons. The molecular weight excluding hydrogens is 272 g/mol. The molecule has 0 aliphatic carbocycles. The zero-order chi connectivity index (χ0) is 14.8. The van der Waals surface area contributed by atoms with Gasteiger partial charge < -0.3 is 16.2 Å². The van der Waals surface area contributed by atoms with Gasteiger partial charge in [0.25, 0.3) is 0 Å². The summed E-state index contributed by atoms with van der Waals surface area (Å²) in [6, 6.07) is 11.8. The van der Waals surface area contributed by atoms with Crippen molar-refractivity contribution in [2.75, 3.05) is 12.9 Å². The second kappa shape index (κ2) is 5.73. The van der Waals surface area contributed by atoms with Gasteiger partial charge in [-0.15, -0.1) is 0 Å². The van der Waals surface area contributed by atoms with E-state index in [2.05, 4.69) is 12.6 Å². The average Bonchev–Trinajstić information content (AvgIpc) is 2.46. The molecule has 0 heterocycles. The van der Waals surface area contributed by atoms with Gasteiger partial charge >= 0.3 is 0 Å². The number of nitrogens with two attached hydrogens (primary N) is 2. The van der Waals surface area contributed by atoms with Gasteiger partial charge in [-0.05, 0) is 17.0 Å². The first-order valence-corrected chi connectivity index (χ1v) is 6.89. The summed E-state index contributed by atoms with van der Waals surface area (Å²) < 4.78 is 5.40. The van der Waals surface area contributed by atoms with E-state index in [0.29, 0.717) is 6.42 Å². The summed E-state index contributed by atoms with van der Waals surface area (Å²) in [5.41, 5.74) is 11.1. The Balaban J connectivity index is 2.48. The molecule has 1 amide bonds. The summed E-state index contributed by atoms with van der Waals surface area (Å²) in [5, 5.41) is 2.05. The molecule has 4 N–H and O–H groups in total. The molecule has 0 bridgehead atoms. The minimum absolute atomic E-state index is 0.192. The maximum absolute atomic E-state index is 11.5. The quantitative estimate of drug-likeness (QED) is 0.730. The van der Waals surface area contributed by atoms with E-state index in [4.69, 9.17) is 16.2 Å². The van der Waals surface area contributed by atoms with Gasteiger partial charge in [-0.1, -0.05) is 30.3 Å². The number of fused-ring (bicyclic) bond motifs is 1. The van der Waals surface area contributed by atoms with Crippen molar-refractivity contribution in [2.45, 2.75) is 12.0 Å². The number of rotatable bonds is 5. The van der Waals surface area contributed by atoms with Crippen LogP contribution in [0.15, 0.2) is 36.4 Å². The zero-order valence-corrected chi connectivity index (χ0v) is 12.2. The molecule has 0 saturated carbocycles. The third-order valence-corrected chi connectivity index (χ3v) is 3.96. The number of carbonyl (C=O) groups is 1. The monoisotopic (exact) mass is 290 g/mol. The standard InChI is InChI=1S/C15H18N2O2S/c1-19-13-7-10(8-15(17,9-20)14(16)18)6-11-4-2-3-5-12(11)13/h2-7,20H,8-9,17H2,1H3,(H2,16,18)/t15-/m0/s1. The lowest BCUT2D eigenvalue weighted by Gasteiger charge is -2.24. The predicted octanol–water partition coefficient (Wildman–Crippen LogP) is 1.50. The van der Waals surface area contributed by atoms with Crippen LogP contribution in [-0.2, 0) is 11.2 Å². The van der Waals surface area contributed by atoms with Crippen LogP contribution >= 0.6 is 12.6 Å². The first-order chi connectivity index (χ1) is 9.50. The lowest BCUT2D eigenvalue weighted by molar-refractivity contribution is -0.122. The van der Waals surface area contributed by atoms with Crippen LogP contribution < -0.4 is 16.2 Å². The van der Waals surface area contributed by atoms with Crippen LogP contribution in [0.5, 0.6) is 5.75 Å². The van der Waals surface area contributed by atoms with Gasteiger partial charge in [0.2, 0.25) is 5.91 Å². The summed E-state index contributed by atoms with van der Waals surface area (Å²) in [4.78, 5) is 11.5. The molecule has 106 valence electrons. The topological polar surface area (TPSA) is 78.3 Å². The summed E-state index contributed by atoms with van der Waals surface area (Å²) in [7, 11) is 1.62. The molecule has 2 rings (SSSR count). The van der Waals surface area contributed by atoms with Crippen LogP contribution in [0.25, 0.3) is 10.8 Å². The van der Waals surface area contributed by atoms with Crippen molar-refractivity contribution in [3.8, 4) is 5.75 Å². The maximum Gasteiger partial charge on any atom is 0.238 e. The molecule has 2 aromatic rings. The molecule has 20 heavy (non-hydrogen) atoms. The fraction of sp³-hybridized carbons (Fsp3) is 0.267. The molecule has 0 saturated heterocycles. The molecule has 0 aliphatic rings. The van der Waals surface area contributed by atoms with Crippen LogP contribution in [0.3, 0.4) is 0 Å². The van der Waals surface area contributed by atoms with Crippen LogP contribution in [0, 0.1) is 0 Å². The molecule has 4 nitrogen and oxygen atoms in total. The average molecular weight is 290 g/mol. The molecule has 0 unspecified atom stereocenters. The number of hydrogen-bond donors (Lipinski definition) is 3. The highest BCUT2D eigenvalue weighted by Gasteiger charge is 2.30. The normalized spacial score (nSPS) is 13.9. The number of hydrogen-bond acceptors (Lipinski definition) is 4. The zero-order valence-electron chi connectivity index (χ0n) is 11.3. The fourth-order valence-electron chi connectivity index (χ4n) is 2.19. The Labute approximate surface area is 123 Å². The van der Waals surface area contributed by atoms with Gasteiger partial charge in [0.15, 0.2) is 0 Å². The SMILES string of the molecule is COc1cc(C[C@](N)(CS)C(N)=O)cc2ccccc12. The molecule has 0 fully saturated rings. The van der Waals surface area contributed by atoms with Crippen molar-refractivity contribution >= 4 is 29.3 Å². The maximum atomic E-state index is 11.5. The van der Waals surface area contributed by atoms with Crippen LogP contribution in [0.2, 0.25) is 0 Å². The summed E-state index contributed by atoms with van der Waals surface area (Å²) in [6.45, 7) is 0. The van der Waals surface area contributed by atoms with E-state index in [9.17, 15) is 4.79 Å². The Bertz CT molecular complexity index is 645. The first-order valence-electron chi connectivity index (χ1n) is 6.25. The van der Waals surface area contributed by atoms with E-state index in [1.165, 1.54) is 0 Å². The first kappa shape index (κ1) is 14.7. The smallest absolute Gasteiger partial charge is 0.238 e. The number of methoxy groups -OCH3 is 1. The second-order valence-corrected chi connectivity index (χ2v) is 5.19. The number of carbonyl (C=O) groups excluding carboxylic acids is 1. The van der Waals surface area contributed by atoms with E-state index < -0.39 is 11.4 Å². The van der Waals surface area contributed by atoms with Crippen molar-refractivity contribution in [2.24, 2.45) is 11.5 Å². The van der Waals surface area contributed by atoms with E-state index in [1.54, 1.807) is 7.11 Å². The minimum Gasteiger partial charge on any atom is -0.496 e. The van der Waals surface area contributed by atoms with Crippen molar-refractivity contribution < 1.29 is 9.53 Å². The van der Waals surface area contributed by atoms with Crippen LogP contribution in [-0.4, -0.2) is 24.3 Å². The number of primary amides is 1. The summed E-state index contributed by atoms with van der Waals surface area (Å²) in [5.74, 6) is 0.390. The Morgan fingerprint density at radius 2 is 2.05 bits per heavy atom. The van der Waals surface area contributed by atoms with E-state index in [0.717, 1.165) is 22.1 Å². The predicted molar refractivity (Wildman–Crippen MR) is 84.2 cm³/mol. The van der Waals surface area contributed by atoms with Gasteiger partial charge in [-0.3, -0.25) is 4.79 Å². The number of benzene rings is 2. The van der Waals surface area contributed by atoms with Gasteiger partial charge in [0, 0.05) is 17.6 Å². The van der Waals surface area contributed by atoms with Crippen molar-refractivity contribution in [1.82, 2.24) is 0 Å². The van der Waals surface area contributed by atoms with Gasteiger partial charge in [0.05, 0.1) is 7.11 Å². The molecule has 0 aromatic heterocycles. The highest BCUT2D eigenvalue weighted by molar-refractivity contribution is 7.80. The Morgan fingerprint density at radius 1 is 1.35 bits per heavy atom. The van der Waals surface area contributed by atoms with Crippen molar-refractivity contribution in [1.29, 1.82) is 0 Å². The summed E-state index contributed by atoms with van der Waals surface area (Å²) in [6.07, 6.45) is 0.326. The third kappa shape index (κ3) is 2.73. The van der Waals surface area contributed by atoms with Gasteiger partial charge in [-0.2, -0.15) is 12.6 Å². The van der Waals surface area contributed by atoms with Crippen LogP contribution in [0.4, 0.5) is 0 Å². The van der Waals surface area contributed by atoms with E-state index >= 15 is 0 Å². The number of amides is 1. The minimum atomic E-state index is -1.16. The number of ether oxygens (including phenoxy) is 1. The Hall–Kier alpha value is -1.72. The second-order valence-electron chi connectivity index (χ2n) is 4.87. The fourth-order valence-corrected chi connectivity index (χ4v) is 2.46. The highest BCUT2D eigenvalue weighted by Crippen LogP contribution is 2.28. The summed E-state index contributed by atoms with van der Waals surface area (Å²) >= 11 is 4.14. The van der Waals surface area contributed by atoms with Crippen LogP contribution in [0.1, 0.15) is 5.56 Å². The highest BCUT2D eigenvalue weighted by atomic mass is 32.1. The van der Waals surface area contributed by atoms with Gasteiger partial charge in [0.1, 0.15) is 11.3 Å².